The third kappa shape index (κ3) is 2.71. The molecule has 5 rings (SSSR count). The van der Waals surface area contributed by atoms with Crippen LogP contribution in [0.15, 0.2) is 36.8 Å². The second kappa shape index (κ2) is 6.78. The summed E-state index contributed by atoms with van der Waals surface area (Å²) >= 11 is 0. The minimum atomic E-state index is 0.00231. The standard InChI is InChI=1S/C18H17N5O.C2H6/c24-18-14-5-4-11(8-12(14)9-21-18)15-10-20-16(22-13-2-1-3-13)17-19-6-7-23(15)17;1-2/h4-8,10,13H,1-3,9H2,(H,20,22)(H,21,24);1-2H3. The average Bonchev–Trinajstić information content (AvgIpc) is 3.27. The van der Waals surface area contributed by atoms with E-state index in [0.29, 0.717) is 12.6 Å². The van der Waals surface area contributed by atoms with Crippen molar-refractivity contribution < 1.29 is 4.79 Å². The van der Waals surface area contributed by atoms with Gasteiger partial charge < -0.3 is 10.6 Å². The Bertz CT molecular complexity index is 958. The first-order valence-corrected chi connectivity index (χ1v) is 9.30. The predicted octanol–water partition coefficient (Wildman–Crippen LogP) is 3.63. The van der Waals surface area contributed by atoms with Gasteiger partial charge in [-0.25, -0.2) is 9.97 Å². The number of amides is 1. The van der Waals surface area contributed by atoms with Gasteiger partial charge in [0.05, 0.1) is 11.9 Å². The number of aromatic nitrogens is 3. The van der Waals surface area contributed by atoms with Crippen LogP contribution in [0.4, 0.5) is 5.82 Å². The first-order valence-electron chi connectivity index (χ1n) is 9.30. The van der Waals surface area contributed by atoms with Crippen LogP contribution in [0.25, 0.3) is 16.9 Å². The monoisotopic (exact) mass is 349 g/mol. The van der Waals surface area contributed by atoms with Crippen molar-refractivity contribution in [3.8, 4) is 11.3 Å². The molecule has 3 aromatic rings. The van der Waals surface area contributed by atoms with Crippen LogP contribution in [0.1, 0.15) is 49.0 Å². The molecule has 0 bridgehead atoms. The topological polar surface area (TPSA) is 71.3 Å². The second-order valence-electron chi connectivity index (χ2n) is 6.44. The highest BCUT2D eigenvalue weighted by atomic mass is 16.1. The maximum Gasteiger partial charge on any atom is 0.251 e. The average molecular weight is 349 g/mol. The molecule has 6 heteroatoms. The van der Waals surface area contributed by atoms with Crippen molar-refractivity contribution in [2.75, 3.05) is 5.32 Å². The Kier molecular flexibility index (Phi) is 4.32. The van der Waals surface area contributed by atoms with E-state index in [4.69, 9.17) is 0 Å². The van der Waals surface area contributed by atoms with E-state index >= 15 is 0 Å². The van der Waals surface area contributed by atoms with Gasteiger partial charge in [0.15, 0.2) is 11.5 Å². The maximum absolute atomic E-state index is 11.7. The van der Waals surface area contributed by atoms with Crippen LogP contribution < -0.4 is 10.6 Å². The molecule has 1 saturated carbocycles. The Balaban J connectivity index is 0.000000814. The van der Waals surface area contributed by atoms with Crippen molar-refractivity contribution in [2.24, 2.45) is 0 Å². The molecule has 2 aliphatic rings. The fourth-order valence-corrected chi connectivity index (χ4v) is 3.37. The molecule has 0 unspecified atom stereocenters. The van der Waals surface area contributed by atoms with Crippen molar-refractivity contribution in [1.82, 2.24) is 19.7 Å². The lowest BCUT2D eigenvalue weighted by atomic mass is 9.93. The Hall–Kier alpha value is -2.89. The van der Waals surface area contributed by atoms with Crippen molar-refractivity contribution in [1.29, 1.82) is 0 Å². The van der Waals surface area contributed by atoms with E-state index in [1.165, 1.54) is 19.3 Å². The Morgan fingerprint density at radius 1 is 1.23 bits per heavy atom. The number of benzene rings is 1. The lowest BCUT2D eigenvalue weighted by molar-refractivity contribution is 0.0966. The van der Waals surface area contributed by atoms with E-state index in [1.807, 2.05) is 38.4 Å². The fourth-order valence-electron chi connectivity index (χ4n) is 3.37. The maximum atomic E-state index is 11.7. The van der Waals surface area contributed by atoms with Crippen molar-refractivity contribution in [3.05, 3.63) is 47.9 Å². The van der Waals surface area contributed by atoms with Crippen molar-refractivity contribution in [2.45, 2.75) is 45.7 Å². The number of nitrogens with one attached hydrogen (secondary N) is 2. The third-order valence-corrected chi connectivity index (χ3v) is 4.96. The van der Waals surface area contributed by atoms with Crippen LogP contribution in [0.2, 0.25) is 0 Å². The van der Waals surface area contributed by atoms with E-state index in [1.54, 1.807) is 6.20 Å². The summed E-state index contributed by atoms with van der Waals surface area (Å²) in [6.45, 7) is 4.59. The molecule has 1 fully saturated rings. The van der Waals surface area contributed by atoms with E-state index in [-0.39, 0.29) is 5.91 Å². The summed E-state index contributed by atoms with van der Waals surface area (Å²) in [5.41, 5.74) is 4.65. The predicted molar refractivity (Wildman–Crippen MR) is 102 cm³/mol. The normalized spacial score (nSPS) is 15.7. The quantitative estimate of drug-likeness (QED) is 0.757. The minimum Gasteiger partial charge on any atom is -0.364 e. The molecule has 1 aliphatic carbocycles. The highest BCUT2D eigenvalue weighted by Gasteiger charge is 2.21. The minimum absolute atomic E-state index is 0.00231. The highest BCUT2D eigenvalue weighted by molar-refractivity contribution is 5.98. The number of rotatable bonds is 3. The van der Waals surface area contributed by atoms with Gasteiger partial charge in [0, 0.05) is 36.1 Å². The van der Waals surface area contributed by atoms with Crippen LogP contribution in [0.5, 0.6) is 0 Å². The number of carbonyl (C=O) groups is 1. The lowest BCUT2D eigenvalue weighted by Gasteiger charge is -2.27. The summed E-state index contributed by atoms with van der Waals surface area (Å²) in [4.78, 5) is 20.8. The molecule has 0 radical (unpaired) electrons. The molecule has 134 valence electrons. The Labute approximate surface area is 152 Å². The molecule has 6 nitrogen and oxygen atoms in total. The van der Waals surface area contributed by atoms with Crippen molar-refractivity contribution >= 4 is 17.4 Å². The zero-order valence-electron chi connectivity index (χ0n) is 15.1. The largest absolute Gasteiger partial charge is 0.364 e. The zero-order valence-corrected chi connectivity index (χ0v) is 15.1. The van der Waals surface area contributed by atoms with Gasteiger partial charge >= 0.3 is 0 Å². The number of hydrogen-bond donors (Lipinski definition) is 2. The van der Waals surface area contributed by atoms with Gasteiger partial charge in [0.25, 0.3) is 5.91 Å². The number of fused-ring (bicyclic) bond motifs is 2. The highest BCUT2D eigenvalue weighted by Crippen LogP contribution is 2.29. The number of hydrogen-bond acceptors (Lipinski definition) is 4. The fraction of sp³-hybridized carbons (Fsp3) is 0.350. The van der Waals surface area contributed by atoms with Gasteiger partial charge in [-0.2, -0.15) is 0 Å². The molecule has 26 heavy (non-hydrogen) atoms. The summed E-state index contributed by atoms with van der Waals surface area (Å²) in [5, 5.41) is 6.34. The molecule has 0 spiro atoms. The molecule has 1 aliphatic heterocycles. The molecule has 1 aromatic carbocycles. The summed E-state index contributed by atoms with van der Waals surface area (Å²) in [6, 6.07) is 6.43. The van der Waals surface area contributed by atoms with Crippen LogP contribution in [-0.2, 0) is 6.54 Å². The summed E-state index contributed by atoms with van der Waals surface area (Å²) in [7, 11) is 0. The zero-order chi connectivity index (χ0) is 18.1. The van der Waals surface area contributed by atoms with Crippen molar-refractivity contribution in [3.63, 3.8) is 0 Å². The molecule has 2 N–H and O–H groups in total. The van der Waals surface area contributed by atoms with E-state index in [9.17, 15) is 4.79 Å². The van der Waals surface area contributed by atoms with Gasteiger partial charge in [-0.3, -0.25) is 9.20 Å². The van der Waals surface area contributed by atoms with Crippen LogP contribution in [0.3, 0.4) is 0 Å². The third-order valence-electron chi connectivity index (χ3n) is 4.96. The second-order valence-corrected chi connectivity index (χ2v) is 6.44. The number of anilines is 1. The number of nitrogens with zero attached hydrogens (tertiary/aromatic N) is 3. The number of imidazole rings is 1. The summed E-state index contributed by atoms with van der Waals surface area (Å²) in [6.07, 6.45) is 9.30. The lowest BCUT2D eigenvalue weighted by Crippen LogP contribution is -2.27. The molecular weight excluding hydrogens is 326 g/mol. The van der Waals surface area contributed by atoms with Gasteiger partial charge in [-0.15, -0.1) is 0 Å². The molecule has 1 amide bonds. The SMILES string of the molecule is CC.O=C1NCc2cc(-c3cnc(NC4CCC4)c4nccn34)ccc21. The van der Waals surface area contributed by atoms with E-state index < -0.39 is 0 Å². The first kappa shape index (κ1) is 16.6. The molecule has 2 aromatic heterocycles. The smallest absolute Gasteiger partial charge is 0.251 e. The van der Waals surface area contributed by atoms with Gasteiger partial charge in [-0.05, 0) is 37.0 Å². The summed E-state index contributed by atoms with van der Waals surface area (Å²) in [5.74, 6) is 0.842. The van der Waals surface area contributed by atoms with Crippen LogP contribution >= 0.6 is 0 Å². The first-order chi connectivity index (χ1) is 12.8. The molecule has 3 heterocycles. The van der Waals surface area contributed by atoms with Crippen LogP contribution in [-0.4, -0.2) is 26.3 Å². The Morgan fingerprint density at radius 2 is 2.08 bits per heavy atom. The van der Waals surface area contributed by atoms with Gasteiger partial charge in [0.1, 0.15) is 0 Å². The van der Waals surface area contributed by atoms with Gasteiger partial charge in [0.2, 0.25) is 0 Å². The molecule has 0 saturated heterocycles. The van der Waals surface area contributed by atoms with Gasteiger partial charge in [-0.1, -0.05) is 19.9 Å². The van der Waals surface area contributed by atoms with Crippen LogP contribution in [0, 0.1) is 0 Å². The van der Waals surface area contributed by atoms with E-state index in [2.05, 4.69) is 31.1 Å². The molecular formula is C20H23N5O. The van der Waals surface area contributed by atoms with E-state index in [0.717, 1.165) is 33.8 Å². The summed E-state index contributed by atoms with van der Waals surface area (Å²) < 4.78 is 2.06. The Morgan fingerprint density at radius 3 is 2.85 bits per heavy atom. The molecule has 0 atom stereocenters. The number of carbonyl (C=O) groups excluding carboxylic acids is 1.